The van der Waals surface area contributed by atoms with E-state index in [9.17, 15) is 23.1 Å². The number of rotatable bonds is 8. The molecule has 9 nitrogen and oxygen atoms in total. The molecule has 39 heavy (non-hydrogen) atoms. The SMILES string of the molecule is COc1ccc(C)nc1-c1nc2nc(C(=O)O)nc(NC(C)C3CCC3)c2n1Cc1ccc(C(F)(F)F)cc1. The number of carbonyl (C=O) groups is 1. The number of aryl methyl sites for hydroxylation is 1. The molecule has 3 aromatic heterocycles. The lowest BCUT2D eigenvalue weighted by Gasteiger charge is -2.32. The highest BCUT2D eigenvalue weighted by Gasteiger charge is 2.31. The summed E-state index contributed by atoms with van der Waals surface area (Å²) in [6.45, 7) is 3.92. The highest BCUT2D eigenvalue weighted by atomic mass is 19.4. The zero-order valence-electron chi connectivity index (χ0n) is 21.6. The summed E-state index contributed by atoms with van der Waals surface area (Å²) in [6.07, 6.45) is -1.23. The Morgan fingerprint density at radius 2 is 1.85 bits per heavy atom. The van der Waals surface area contributed by atoms with Crippen molar-refractivity contribution in [2.24, 2.45) is 5.92 Å². The Labute approximate surface area is 222 Å². The van der Waals surface area contributed by atoms with Crippen molar-refractivity contribution in [3.63, 3.8) is 0 Å². The van der Waals surface area contributed by atoms with E-state index in [4.69, 9.17) is 4.74 Å². The van der Waals surface area contributed by atoms with Crippen molar-refractivity contribution in [1.82, 2.24) is 24.5 Å². The van der Waals surface area contributed by atoms with E-state index in [1.807, 2.05) is 6.92 Å². The number of hydrogen-bond donors (Lipinski definition) is 2. The number of carboxylic acid groups (broad SMARTS) is 1. The van der Waals surface area contributed by atoms with E-state index in [1.54, 1.807) is 23.6 Å². The van der Waals surface area contributed by atoms with Gasteiger partial charge >= 0.3 is 12.1 Å². The van der Waals surface area contributed by atoms with E-state index in [-0.39, 0.29) is 24.1 Å². The predicted molar refractivity (Wildman–Crippen MR) is 138 cm³/mol. The van der Waals surface area contributed by atoms with Gasteiger partial charge in [0.25, 0.3) is 0 Å². The highest BCUT2D eigenvalue weighted by Crippen LogP contribution is 2.36. The molecule has 2 N–H and O–H groups in total. The van der Waals surface area contributed by atoms with Gasteiger partial charge in [-0.3, -0.25) is 0 Å². The summed E-state index contributed by atoms with van der Waals surface area (Å²) < 4.78 is 46.8. The second kappa shape index (κ2) is 10.2. The molecular weight excluding hydrogens is 513 g/mol. The van der Waals surface area contributed by atoms with E-state index in [0.717, 1.165) is 31.4 Å². The third-order valence-corrected chi connectivity index (χ3v) is 7.07. The molecular formula is C27H27F3N6O3. The molecule has 1 aliphatic rings. The van der Waals surface area contributed by atoms with Crippen LogP contribution in [0.1, 0.15) is 53.6 Å². The van der Waals surface area contributed by atoms with Gasteiger partial charge in [0, 0.05) is 18.3 Å². The number of fused-ring (bicyclic) bond motifs is 1. The number of ether oxygens (including phenoxy) is 1. The second-order valence-corrected chi connectivity index (χ2v) is 9.72. The average molecular weight is 541 g/mol. The number of pyridine rings is 1. The van der Waals surface area contributed by atoms with E-state index in [0.29, 0.717) is 40.0 Å². The minimum absolute atomic E-state index is 0.00277. The number of halogens is 3. The first kappa shape index (κ1) is 26.4. The van der Waals surface area contributed by atoms with Gasteiger partial charge in [-0.2, -0.15) is 13.2 Å². The van der Waals surface area contributed by atoms with Crippen LogP contribution in [0.5, 0.6) is 5.75 Å². The lowest BCUT2D eigenvalue weighted by Crippen LogP contribution is -2.31. The number of nitrogens with zero attached hydrogens (tertiary/aromatic N) is 5. The van der Waals surface area contributed by atoms with Gasteiger partial charge in [0.2, 0.25) is 5.82 Å². The fourth-order valence-corrected chi connectivity index (χ4v) is 4.69. The second-order valence-electron chi connectivity index (χ2n) is 9.72. The Hall–Kier alpha value is -4.22. The maximum absolute atomic E-state index is 13.2. The molecule has 1 aromatic carbocycles. The summed E-state index contributed by atoms with van der Waals surface area (Å²) in [5.41, 5.74) is 1.43. The molecule has 4 aromatic rings. The molecule has 5 rings (SSSR count). The van der Waals surface area contributed by atoms with Gasteiger partial charge in [-0.15, -0.1) is 0 Å². The van der Waals surface area contributed by atoms with Gasteiger partial charge in [-0.1, -0.05) is 18.6 Å². The summed E-state index contributed by atoms with van der Waals surface area (Å²) in [6, 6.07) is 8.37. The van der Waals surface area contributed by atoms with Crippen molar-refractivity contribution in [3.8, 4) is 17.3 Å². The number of benzene rings is 1. The summed E-state index contributed by atoms with van der Waals surface area (Å²) in [5, 5.41) is 13.1. The van der Waals surface area contributed by atoms with Crippen LogP contribution in [0.3, 0.4) is 0 Å². The first-order valence-corrected chi connectivity index (χ1v) is 12.5. The third-order valence-electron chi connectivity index (χ3n) is 7.07. The number of nitrogens with one attached hydrogen (secondary N) is 1. The van der Waals surface area contributed by atoms with Crippen molar-refractivity contribution >= 4 is 23.0 Å². The number of imidazole rings is 1. The van der Waals surface area contributed by atoms with Gasteiger partial charge in [-0.05, 0) is 62.4 Å². The Bertz CT molecular complexity index is 1530. The maximum Gasteiger partial charge on any atom is 0.416 e. The van der Waals surface area contributed by atoms with Crippen LogP contribution < -0.4 is 10.1 Å². The highest BCUT2D eigenvalue weighted by molar-refractivity contribution is 5.92. The van der Waals surface area contributed by atoms with Crippen LogP contribution in [0.25, 0.3) is 22.7 Å². The van der Waals surface area contributed by atoms with E-state index in [1.165, 1.54) is 19.2 Å². The van der Waals surface area contributed by atoms with E-state index < -0.39 is 23.5 Å². The zero-order valence-corrected chi connectivity index (χ0v) is 21.6. The largest absolute Gasteiger partial charge is 0.494 e. The number of hydrogen-bond acceptors (Lipinski definition) is 7. The Morgan fingerprint density at radius 1 is 1.13 bits per heavy atom. The van der Waals surface area contributed by atoms with E-state index >= 15 is 0 Å². The predicted octanol–water partition coefficient (Wildman–Crippen LogP) is 5.57. The molecule has 12 heteroatoms. The molecule has 0 radical (unpaired) electrons. The van der Waals surface area contributed by atoms with Gasteiger partial charge < -0.3 is 19.7 Å². The van der Waals surface area contributed by atoms with Gasteiger partial charge in [0.05, 0.1) is 12.7 Å². The Kier molecular flexibility index (Phi) is 6.87. The minimum atomic E-state index is -4.46. The van der Waals surface area contributed by atoms with Crippen LogP contribution in [0.15, 0.2) is 36.4 Å². The number of aromatic carboxylic acids is 1. The summed E-state index contributed by atoms with van der Waals surface area (Å²) in [4.78, 5) is 29.7. The number of methoxy groups -OCH3 is 1. The Morgan fingerprint density at radius 3 is 2.44 bits per heavy atom. The van der Waals surface area contributed by atoms with E-state index in [2.05, 4.69) is 25.3 Å². The fraction of sp³-hybridized carbons (Fsp3) is 0.370. The third kappa shape index (κ3) is 5.23. The first-order chi connectivity index (χ1) is 18.5. The van der Waals surface area contributed by atoms with Crippen LogP contribution in [0.4, 0.5) is 19.0 Å². The standard InChI is InChI=1S/C27H27F3N6O3/c1-14-7-12-19(39-3)20(31-14)25-35-23-21(36(25)13-16-8-10-18(11-9-16)27(28,29)30)22(33-24(34-23)26(37)38)32-15(2)17-5-4-6-17/h7-12,15,17H,4-6,13H2,1-3H3,(H,37,38)(H,32,33,34). The number of aromatic nitrogens is 5. The molecule has 3 heterocycles. The Balaban J connectivity index is 1.72. The number of carboxylic acids is 1. The van der Waals surface area contributed by atoms with Crippen LogP contribution in [0.2, 0.25) is 0 Å². The topological polar surface area (TPSA) is 115 Å². The van der Waals surface area contributed by atoms with Gasteiger partial charge in [-0.25, -0.2) is 24.7 Å². The minimum Gasteiger partial charge on any atom is -0.494 e. The number of alkyl halides is 3. The van der Waals surface area contributed by atoms with Crippen molar-refractivity contribution in [3.05, 3.63) is 59.0 Å². The van der Waals surface area contributed by atoms with Crippen LogP contribution in [0, 0.1) is 12.8 Å². The summed E-state index contributed by atoms with van der Waals surface area (Å²) in [7, 11) is 1.49. The number of anilines is 1. The smallest absolute Gasteiger partial charge is 0.416 e. The van der Waals surface area contributed by atoms with Crippen LogP contribution in [-0.4, -0.2) is 48.7 Å². The van der Waals surface area contributed by atoms with Gasteiger partial charge in [0.15, 0.2) is 17.3 Å². The lowest BCUT2D eigenvalue weighted by atomic mass is 9.80. The maximum atomic E-state index is 13.2. The molecule has 0 spiro atoms. The monoisotopic (exact) mass is 540 g/mol. The fourth-order valence-electron chi connectivity index (χ4n) is 4.69. The average Bonchev–Trinajstić information content (AvgIpc) is 3.21. The van der Waals surface area contributed by atoms with Crippen LogP contribution >= 0.6 is 0 Å². The van der Waals surface area contributed by atoms with Crippen molar-refractivity contribution < 1.29 is 27.8 Å². The molecule has 1 saturated carbocycles. The summed E-state index contributed by atoms with van der Waals surface area (Å²) in [5.74, 6) is -0.279. The molecule has 0 amide bonds. The molecule has 204 valence electrons. The molecule has 1 fully saturated rings. The first-order valence-electron chi connectivity index (χ1n) is 12.5. The van der Waals surface area contributed by atoms with Crippen molar-refractivity contribution in [1.29, 1.82) is 0 Å². The van der Waals surface area contributed by atoms with Crippen LogP contribution in [-0.2, 0) is 12.7 Å². The zero-order chi connectivity index (χ0) is 27.9. The lowest BCUT2D eigenvalue weighted by molar-refractivity contribution is -0.137. The van der Waals surface area contributed by atoms with Crippen molar-refractivity contribution in [2.75, 3.05) is 12.4 Å². The molecule has 1 unspecified atom stereocenters. The molecule has 0 bridgehead atoms. The van der Waals surface area contributed by atoms with Gasteiger partial charge in [0.1, 0.15) is 17.0 Å². The molecule has 0 saturated heterocycles. The van der Waals surface area contributed by atoms with Crippen molar-refractivity contribution in [2.45, 2.75) is 51.9 Å². The quantitative estimate of drug-likeness (QED) is 0.298. The molecule has 0 aliphatic heterocycles. The summed E-state index contributed by atoms with van der Waals surface area (Å²) >= 11 is 0. The molecule has 1 atom stereocenters. The molecule has 1 aliphatic carbocycles. The normalized spacial score (nSPS) is 14.7.